The highest BCUT2D eigenvalue weighted by Crippen LogP contribution is 2.15. The Labute approximate surface area is 73.1 Å². The average Bonchev–Trinajstić information content (AvgIpc) is 2.02. The van der Waals surface area contributed by atoms with Crippen LogP contribution in [0.15, 0.2) is 0 Å². The summed E-state index contributed by atoms with van der Waals surface area (Å²) in [4.78, 5) is 0. The van der Waals surface area contributed by atoms with E-state index >= 15 is 0 Å². The van der Waals surface area contributed by atoms with Crippen LogP contribution in [0.25, 0.3) is 0 Å². The molecule has 0 aliphatic heterocycles. The van der Waals surface area contributed by atoms with Gasteiger partial charge < -0.3 is 4.74 Å². The Morgan fingerprint density at radius 3 is 2.25 bits per heavy atom. The molecule has 1 nitrogen and oxygen atoms in total. The third-order valence-electron chi connectivity index (χ3n) is 2.04. The lowest BCUT2D eigenvalue weighted by atomic mass is 9.98. The Kier molecular flexibility index (Phi) is 7.36. The van der Waals surface area contributed by atoms with Crippen molar-refractivity contribution in [3.8, 4) is 0 Å². The van der Waals surface area contributed by atoms with Gasteiger partial charge in [0, 0.05) is 0 Å². The molecule has 0 radical (unpaired) electrons. The molecule has 0 saturated heterocycles. The van der Waals surface area contributed by atoms with Crippen molar-refractivity contribution in [1.82, 2.24) is 0 Å². The van der Waals surface area contributed by atoms with Crippen molar-refractivity contribution in [2.24, 2.45) is 5.92 Å². The minimum Gasteiger partial charge on any atom is -0.323 e. The van der Waals surface area contributed by atoms with E-state index in [-0.39, 0.29) is 6.61 Å². The van der Waals surface area contributed by atoms with E-state index in [0.29, 0.717) is 5.92 Å². The number of rotatable bonds is 7. The molecule has 0 N–H and O–H groups in total. The molecular weight excluding hydrogens is 162 g/mol. The first-order valence-corrected chi connectivity index (χ1v) is 4.60. The quantitative estimate of drug-likeness (QED) is 0.583. The molecular formula is C9H18F2O. The van der Waals surface area contributed by atoms with E-state index in [4.69, 9.17) is 0 Å². The second-order valence-corrected chi connectivity index (χ2v) is 2.98. The zero-order chi connectivity index (χ0) is 9.40. The predicted octanol–water partition coefficient (Wildman–Crippen LogP) is 3.44. The van der Waals surface area contributed by atoms with Gasteiger partial charge in [0.25, 0.3) is 0 Å². The molecule has 1 atom stereocenters. The van der Waals surface area contributed by atoms with Gasteiger partial charge in [-0.3, -0.25) is 0 Å². The van der Waals surface area contributed by atoms with Crippen LogP contribution in [0.4, 0.5) is 8.78 Å². The van der Waals surface area contributed by atoms with Gasteiger partial charge in [0.1, 0.15) is 0 Å². The third-order valence-corrected chi connectivity index (χ3v) is 2.04. The molecule has 0 amide bonds. The summed E-state index contributed by atoms with van der Waals surface area (Å²) in [7, 11) is 0. The van der Waals surface area contributed by atoms with Crippen LogP contribution < -0.4 is 0 Å². The highest BCUT2D eigenvalue weighted by Gasteiger charge is 2.07. The van der Waals surface area contributed by atoms with E-state index in [2.05, 4.69) is 18.6 Å². The molecule has 12 heavy (non-hydrogen) atoms. The van der Waals surface area contributed by atoms with E-state index in [1.807, 2.05) is 0 Å². The van der Waals surface area contributed by atoms with E-state index in [1.165, 1.54) is 0 Å². The van der Waals surface area contributed by atoms with Crippen molar-refractivity contribution in [1.29, 1.82) is 0 Å². The van der Waals surface area contributed by atoms with Crippen LogP contribution in [0.1, 0.15) is 39.5 Å². The van der Waals surface area contributed by atoms with Gasteiger partial charge in [0.2, 0.25) is 0 Å². The van der Waals surface area contributed by atoms with E-state index < -0.39 is 6.61 Å². The molecule has 74 valence electrons. The Bertz CT molecular complexity index is 96.5. The van der Waals surface area contributed by atoms with Crippen molar-refractivity contribution in [2.75, 3.05) is 6.61 Å². The van der Waals surface area contributed by atoms with Gasteiger partial charge >= 0.3 is 6.61 Å². The predicted molar refractivity (Wildman–Crippen MR) is 45.3 cm³/mol. The summed E-state index contributed by atoms with van der Waals surface area (Å²) >= 11 is 0. The molecule has 0 rings (SSSR count). The molecule has 0 bridgehead atoms. The molecule has 0 aromatic carbocycles. The Balaban J connectivity index is 3.31. The summed E-state index contributed by atoms with van der Waals surface area (Å²) in [5.74, 6) is 0.550. The molecule has 3 heteroatoms. The maximum atomic E-state index is 11.6. The van der Waals surface area contributed by atoms with Crippen LogP contribution in [-0.4, -0.2) is 13.2 Å². The van der Waals surface area contributed by atoms with Crippen LogP contribution >= 0.6 is 0 Å². The first-order valence-electron chi connectivity index (χ1n) is 4.60. The van der Waals surface area contributed by atoms with Gasteiger partial charge in [-0.2, -0.15) is 8.78 Å². The molecule has 0 aromatic rings. The first-order chi connectivity index (χ1) is 5.70. The lowest BCUT2D eigenvalue weighted by molar-refractivity contribution is -0.131. The summed E-state index contributed by atoms with van der Waals surface area (Å²) in [6, 6.07) is 0. The smallest absolute Gasteiger partial charge is 0.323 e. The minimum absolute atomic E-state index is 0.191. The van der Waals surface area contributed by atoms with Crippen LogP contribution in [-0.2, 0) is 4.74 Å². The van der Waals surface area contributed by atoms with Gasteiger partial charge in [0.15, 0.2) is 0 Å². The van der Waals surface area contributed by atoms with Crippen molar-refractivity contribution in [3.63, 3.8) is 0 Å². The largest absolute Gasteiger partial charge is 0.345 e. The maximum Gasteiger partial charge on any atom is 0.345 e. The van der Waals surface area contributed by atoms with Crippen molar-refractivity contribution in [3.05, 3.63) is 0 Å². The molecule has 0 spiro atoms. The zero-order valence-corrected chi connectivity index (χ0v) is 7.85. The average molecular weight is 180 g/mol. The fourth-order valence-corrected chi connectivity index (χ4v) is 1.28. The topological polar surface area (TPSA) is 9.23 Å². The Morgan fingerprint density at radius 2 is 1.83 bits per heavy atom. The third kappa shape index (κ3) is 6.53. The van der Waals surface area contributed by atoms with Crippen molar-refractivity contribution < 1.29 is 13.5 Å². The molecule has 0 aliphatic carbocycles. The van der Waals surface area contributed by atoms with Crippen molar-refractivity contribution >= 4 is 0 Å². The highest BCUT2D eigenvalue weighted by atomic mass is 19.3. The van der Waals surface area contributed by atoms with Crippen LogP contribution in [0.3, 0.4) is 0 Å². The fourth-order valence-electron chi connectivity index (χ4n) is 1.28. The Morgan fingerprint density at radius 1 is 1.17 bits per heavy atom. The van der Waals surface area contributed by atoms with Crippen LogP contribution in [0.2, 0.25) is 0 Å². The van der Waals surface area contributed by atoms with Crippen LogP contribution in [0, 0.1) is 5.92 Å². The minimum atomic E-state index is -2.61. The number of hydrogen-bond acceptors (Lipinski definition) is 1. The van der Waals surface area contributed by atoms with E-state index in [9.17, 15) is 8.78 Å². The van der Waals surface area contributed by atoms with Gasteiger partial charge in [-0.05, 0) is 12.3 Å². The van der Waals surface area contributed by atoms with Crippen molar-refractivity contribution in [2.45, 2.75) is 46.1 Å². The number of ether oxygens (including phenoxy) is 1. The summed E-state index contributed by atoms with van der Waals surface area (Å²) in [6.07, 6.45) is 4.05. The molecule has 1 unspecified atom stereocenters. The zero-order valence-electron chi connectivity index (χ0n) is 7.85. The first kappa shape index (κ1) is 11.8. The standard InChI is InChI=1S/C9H18F2O/c1-3-5-8(4-2)6-7-12-9(10)11/h8-9H,3-7H2,1-2H3. The van der Waals surface area contributed by atoms with Crippen LogP contribution in [0.5, 0.6) is 0 Å². The SMILES string of the molecule is CCCC(CC)CCOC(F)F. The summed E-state index contributed by atoms with van der Waals surface area (Å²) in [6.45, 7) is 1.78. The normalized spacial score (nSPS) is 13.8. The van der Waals surface area contributed by atoms with Gasteiger partial charge in [-0.1, -0.05) is 33.1 Å². The number of hydrogen-bond donors (Lipinski definition) is 0. The fraction of sp³-hybridized carbons (Fsp3) is 1.00. The molecule has 0 heterocycles. The Hall–Kier alpha value is -0.180. The van der Waals surface area contributed by atoms with Gasteiger partial charge in [0.05, 0.1) is 6.61 Å². The second-order valence-electron chi connectivity index (χ2n) is 2.98. The monoisotopic (exact) mass is 180 g/mol. The summed E-state index contributed by atoms with van der Waals surface area (Å²) < 4.78 is 27.3. The number of alkyl halides is 2. The second kappa shape index (κ2) is 7.47. The lowest BCUT2D eigenvalue weighted by Gasteiger charge is -2.12. The maximum absolute atomic E-state index is 11.6. The van der Waals surface area contributed by atoms with Gasteiger partial charge in [-0.25, -0.2) is 0 Å². The lowest BCUT2D eigenvalue weighted by Crippen LogP contribution is -2.07. The molecule has 0 saturated carbocycles. The van der Waals surface area contributed by atoms with Gasteiger partial charge in [-0.15, -0.1) is 0 Å². The highest BCUT2D eigenvalue weighted by molar-refractivity contribution is 4.55. The molecule has 0 fully saturated rings. The number of halogens is 2. The molecule has 0 aliphatic rings. The van der Waals surface area contributed by atoms with E-state index in [0.717, 1.165) is 25.7 Å². The molecule has 0 aromatic heterocycles. The summed E-state index contributed by atoms with van der Waals surface area (Å²) in [5.41, 5.74) is 0. The summed E-state index contributed by atoms with van der Waals surface area (Å²) in [5, 5.41) is 0. The van der Waals surface area contributed by atoms with E-state index in [1.54, 1.807) is 0 Å².